The van der Waals surface area contributed by atoms with Gasteiger partial charge >= 0.3 is 6.03 Å². The second-order valence-corrected chi connectivity index (χ2v) is 9.42. The Morgan fingerprint density at radius 3 is 2.82 bits per heavy atom. The molecule has 4 rings (SSSR count). The first-order valence-electron chi connectivity index (χ1n) is 11.4. The van der Waals surface area contributed by atoms with Gasteiger partial charge in [0.15, 0.2) is 17.5 Å². The van der Waals surface area contributed by atoms with E-state index in [1.165, 1.54) is 0 Å². The highest BCUT2D eigenvalue weighted by Crippen LogP contribution is 2.42. The molecule has 0 radical (unpaired) electrons. The van der Waals surface area contributed by atoms with Crippen molar-refractivity contribution < 1.29 is 14.3 Å². The average molecular weight is 461 g/mol. The van der Waals surface area contributed by atoms with Gasteiger partial charge in [0.1, 0.15) is 5.82 Å². The Hall–Kier alpha value is -2.79. The molecule has 11 heteroatoms. The number of rotatable bonds is 5. The highest BCUT2D eigenvalue weighted by atomic mass is 19.1. The number of aliphatic hydroxyl groups is 1. The maximum absolute atomic E-state index is 14.3. The lowest BCUT2D eigenvalue weighted by molar-refractivity contribution is 0.0337. The van der Waals surface area contributed by atoms with Crippen LogP contribution in [0.4, 0.5) is 20.8 Å². The first kappa shape index (κ1) is 23.4. The Bertz CT molecular complexity index is 1030. The lowest BCUT2D eigenvalue weighted by atomic mass is 10.0. The van der Waals surface area contributed by atoms with Crippen molar-refractivity contribution in [1.29, 1.82) is 0 Å². The highest BCUT2D eigenvalue weighted by Gasteiger charge is 2.46. The highest BCUT2D eigenvalue weighted by molar-refractivity contribution is 5.78. The Labute approximate surface area is 193 Å². The summed E-state index contributed by atoms with van der Waals surface area (Å²) in [6.45, 7) is 9.64. The van der Waals surface area contributed by atoms with Gasteiger partial charge < -0.3 is 20.2 Å². The smallest absolute Gasteiger partial charge is 0.321 e. The summed E-state index contributed by atoms with van der Waals surface area (Å²) in [5, 5.41) is 19.8. The molecule has 2 aliphatic rings. The molecule has 1 saturated heterocycles. The third-order valence-corrected chi connectivity index (χ3v) is 6.87. The largest absolute Gasteiger partial charge is 0.396 e. The number of aryl methyl sites for hydroxylation is 1. The molecule has 2 atom stereocenters. The molecule has 180 valence electrons. The van der Waals surface area contributed by atoms with Gasteiger partial charge in [-0.15, -0.1) is 0 Å². The number of carbonyl (C=O) groups excluding carboxylic acids is 1. The van der Waals surface area contributed by atoms with Crippen molar-refractivity contribution in [3.8, 4) is 0 Å². The van der Waals surface area contributed by atoms with E-state index in [0.717, 1.165) is 24.0 Å². The molecule has 0 spiro atoms. The van der Waals surface area contributed by atoms with E-state index in [4.69, 9.17) is 0 Å². The summed E-state index contributed by atoms with van der Waals surface area (Å²) in [4.78, 5) is 27.8. The predicted molar refractivity (Wildman–Crippen MR) is 121 cm³/mol. The molecule has 33 heavy (non-hydrogen) atoms. The molecule has 0 bridgehead atoms. The van der Waals surface area contributed by atoms with E-state index in [2.05, 4.69) is 30.4 Å². The molecular formula is C22H33FN8O2. The summed E-state index contributed by atoms with van der Waals surface area (Å²) in [5.74, 6) is 0.496. The molecule has 2 aliphatic heterocycles. The number of aromatic amines is 1. The van der Waals surface area contributed by atoms with Gasteiger partial charge in [-0.05, 0) is 34.2 Å². The summed E-state index contributed by atoms with van der Waals surface area (Å²) in [6.07, 6.45) is 2.36. The number of nitrogens with one attached hydrogen (secondary N) is 2. The van der Waals surface area contributed by atoms with Crippen molar-refractivity contribution >= 4 is 17.7 Å². The van der Waals surface area contributed by atoms with Crippen molar-refractivity contribution in [1.82, 2.24) is 34.9 Å². The lowest BCUT2D eigenvalue weighted by Gasteiger charge is -2.46. The van der Waals surface area contributed by atoms with Gasteiger partial charge in [-0.25, -0.2) is 19.2 Å². The fourth-order valence-corrected chi connectivity index (χ4v) is 4.79. The number of carbonyl (C=O) groups is 1. The number of amides is 2. The molecule has 3 N–H and O–H groups in total. The average Bonchev–Trinajstić information content (AvgIpc) is 3.29. The third-order valence-electron chi connectivity index (χ3n) is 6.87. The van der Waals surface area contributed by atoms with E-state index < -0.39 is 11.4 Å². The third kappa shape index (κ3) is 4.15. The molecule has 2 aromatic heterocycles. The number of likely N-dealkylation sites (N-methyl/N-ethyl adjacent to an activating group) is 1. The summed E-state index contributed by atoms with van der Waals surface area (Å²) in [6, 6.07) is 0.108. The van der Waals surface area contributed by atoms with Crippen LogP contribution < -0.4 is 5.32 Å². The van der Waals surface area contributed by atoms with E-state index in [0.29, 0.717) is 37.6 Å². The standard InChI is InChI=1S/C22H33FN8O2/c1-6-17-24-9-16(23)20(25-17)26-19-15-12-31(22(3,4)18(15)27-28-19)21(33)30-11-14(7-8-32)29(5)10-13(30)2/h9,13-14,32H,6-8,10-12H2,1-5H3,(H2,24,25,26,27,28)/t13-,14?/m0/s1. The van der Waals surface area contributed by atoms with Crippen LogP contribution in [-0.4, -0.2) is 84.8 Å². The Balaban J connectivity index is 1.57. The van der Waals surface area contributed by atoms with Crippen molar-refractivity contribution in [2.75, 3.05) is 32.1 Å². The second-order valence-electron chi connectivity index (χ2n) is 9.42. The van der Waals surface area contributed by atoms with Gasteiger partial charge in [0.25, 0.3) is 0 Å². The van der Waals surface area contributed by atoms with Gasteiger partial charge in [0, 0.05) is 43.8 Å². The monoisotopic (exact) mass is 460 g/mol. The van der Waals surface area contributed by atoms with Crippen LogP contribution in [0.2, 0.25) is 0 Å². The SMILES string of the molecule is CCc1ncc(F)c(Nc2n[nH]c3c2CN(C(=O)N2CC(CCO)N(C)C[C@@H]2C)C3(C)C)n1. The summed E-state index contributed by atoms with van der Waals surface area (Å²) in [5.41, 5.74) is 1.02. The van der Waals surface area contributed by atoms with Crippen LogP contribution in [0.1, 0.15) is 51.2 Å². The summed E-state index contributed by atoms with van der Waals surface area (Å²) >= 11 is 0. The van der Waals surface area contributed by atoms with Crippen LogP contribution in [0.5, 0.6) is 0 Å². The van der Waals surface area contributed by atoms with Crippen molar-refractivity contribution in [3.05, 3.63) is 29.1 Å². The lowest BCUT2D eigenvalue weighted by Crippen LogP contribution is -2.61. The van der Waals surface area contributed by atoms with Crippen LogP contribution in [0, 0.1) is 5.82 Å². The minimum absolute atomic E-state index is 0.0467. The molecule has 1 fully saturated rings. The number of hydrogen-bond acceptors (Lipinski definition) is 7. The molecule has 1 unspecified atom stereocenters. The number of anilines is 2. The molecule has 4 heterocycles. The zero-order chi connectivity index (χ0) is 23.9. The van der Waals surface area contributed by atoms with E-state index >= 15 is 0 Å². The minimum atomic E-state index is -0.617. The quantitative estimate of drug-likeness (QED) is 0.627. The Morgan fingerprint density at radius 1 is 1.36 bits per heavy atom. The van der Waals surface area contributed by atoms with Gasteiger partial charge in [0.05, 0.1) is 24.0 Å². The maximum Gasteiger partial charge on any atom is 0.321 e. The maximum atomic E-state index is 14.3. The van der Waals surface area contributed by atoms with Gasteiger partial charge in [-0.2, -0.15) is 5.10 Å². The topological polar surface area (TPSA) is 114 Å². The predicted octanol–water partition coefficient (Wildman–Crippen LogP) is 2.20. The first-order chi connectivity index (χ1) is 15.7. The zero-order valence-electron chi connectivity index (χ0n) is 19.9. The second kappa shape index (κ2) is 8.86. The Morgan fingerprint density at radius 2 is 2.12 bits per heavy atom. The van der Waals surface area contributed by atoms with Crippen molar-refractivity contribution in [2.24, 2.45) is 0 Å². The first-order valence-corrected chi connectivity index (χ1v) is 11.4. The number of H-pyrrole nitrogens is 1. The van der Waals surface area contributed by atoms with Crippen LogP contribution in [-0.2, 0) is 18.5 Å². The molecule has 2 amide bonds. The normalized spacial score (nSPS) is 22.5. The van der Waals surface area contributed by atoms with E-state index in [-0.39, 0.29) is 30.5 Å². The van der Waals surface area contributed by atoms with Crippen LogP contribution >= 0.6 is 0 Å². The number of halogens is 1. The zero-order valence-corrected chi connectivity index (χ0v) is 19.9. The number of piperazine rings is 1. The summed E-state index contributed by atoms with van der Waals surface area (Å²) in [7, 11) is 2.03. The molecule has 0 aliphatic carbocycles. The van der Waals surface area contributed by atoms with Crippen LogP contribution in [0.25, 0.3) is 0 Å². The van der Waals surface area contributed by atoms with E-state index in [1.807, 2.05) is 44.5 Å². The van der Waals surface area contributed by atoms with Crippen molar-refractivity contribution in [2.45, 2.75) is 64.7 Å². The number of nitrogens with zero attached hydrogens (tertiary/aromatic N) is 6. The van der Waals surface area contributed by atoms with E-state index in [9.17, 15) is 14.3 Å². The molecule has 0 aromatic carbocycles. The number of aliphatic hydroxyl groups excluding tert-OH is 1. The Kier molecular flexibility index (Phi) is 6.28. The number of aromatic nitrogens is 4. The van der Waals surface area contributed by atoms with Gasteiger partial charge in [-0.1, -0.05) is 6.92 Å². The molecule has 2 aromatic rings. The van der Waals surface area contributed by atoms with Gasteiger partial charge in [-0.3, -0.25) is 10.00 Å². The number of urea groups is 1. The minimum Gasteiger partial charge on any atom is -0.396 e. The number of fused-ring (bicyclic) bond motifs is 1. The summed E-state index contributed by atoms with van der Waals surface area (Å²) < 4.78 is 14.3. The number of hydrogen-bond donors (Lipinski definition) is 3. The molecule has 0 saturated carbocycles. The fourth-order valence-electron chi connectivity index (χ4n) is 4.79. The van der Waals surface area contributed by atoms with E-state index in [1.54, 1.807) is 0 Å². The fraction of sp³-hybridized carbons (Fsp3) is 0.636. The van der Waals surface area contributed by atoms with Crippen LogP contribution in [0.15, 0.2) is 6.20 Å². The van der Waals surface area contributed by atoms with Crippen LogP contribution in [0.3, 0.4) is 0 Å². The molecule has 10 nitrogen and oxygen atoms in total. The van der Waals surface area contributed by atoms with Gasteiger partial charge in [0.2, 0.25) is 0 Å². The molecular weight excluding hydrogens is 427 g/mol. The van der Waals surface area contributed by atoms with Crippen molar-refractivity contribution in [3.63, 3.8) is 0 Å².